The van der Waals surface area contributed by atoms with E-state index in [-0.39, 0.29) is 43.0 Å². The zero-order chi connectivity index (χ0) is 78.2. The third-order valence-electron chi connectivity index (χ3n) is 18.2. The minimum atomic E-state index is -4.62. The van der Waals surface area contributed by atoms with E-state index in [2.05, 4.69) is 106 Å². The molecule has 28 nitrogen and oxygen atoms in total. The summed E-state index contributed by atoms with van der Waals surface area (Å²) in [4.78, 5) is 116. The minimum Gasteiger partial charge on any atom is -0.356 e. The van der Waals surface area contributed by atoms with Crippen molar-refractivity contribution >= 4 is 91.0 Å². The highest BCUT2D eigenvalue weighted by molar-refractivity contribution is 5.96. The van der Waals surface area contributed by atoms with Gasteiger partial charge in [-0.3, -0.25) is 19.2 Å². The molecule has 109 heavy (non-hydrogen) atoms. The van der Waals surface area contributed by atoms with Crippen molar-refractivity contribution in [1.82, 2.24) is 101 Å². The van der Waals surface area contributed by atoms with E-state index >= 15 is 0 Å². The number of pyridine rings is 4. The smallest absolute Gasteiger partial charge is 0.356 e. The van der Waals surface area contributed by atoms with Crippen LogP contribution in [-0.2, 0) is 19.2 Å². The molecule has 13 heterocycles. The number of amides is 4. The van der Waals surface area contributed by atoms with E-state index in [0.29, 0.717) is 77.3 Å². The van der Waals surface area contributed by atoms with Crippen molar-refractivity contribution in [3.63, 3.8) is 0 Å². The van der Waals surface area contributed by atoms with Crippen LogP contribution in [0, 0.1) is 5.82 Å². The molecule has 36 heteroatoms. The lowest BCUT2D eigenvalue weighted by atomic mass is 9.97. The number of likely N-dealkylation sites (N-methyl/N-ethyl adjacent to an activating group) is 1. The van der Waals surface area contributed by atoms with Crippen LogP contribution < -0.4 is 36.8 Å². The molecule has 5 atom stereocenters. The number of carbonyl (C=O) groups is 4. The Morgan fingerprint density at radius 2 is 0.945 bits per heavy atom. The maximum Gasteiger partial charge on any atom is 0.405 e. The zero-order valence-corrected chi connectivity index (χ0v) is 60.5. The lowest BCUT2D eigenvalue weighted by Gasteiger charge is -2.32. The summed E-state index contributed by atoms with van der Waals surface area (Å²) in [6.07, 6.45) is 11.9. The molecule has 0 radical (unpaired) electrons. The Bertz CT molecular complexity index is 5120. The molecule has 0 unspecified atom stereocenters. The number of nitrogens with one attached hydrogen (secondary N) is 10. The molecule has 1 saturated heterocycles. The molecule has 0 bridgehead atoms. The number of aromatic nitrogens is 16. The topological polar surface area (TPSA) is 365 Å². The average molecular weight is 1510 g/mol. The number of hydrogen-bond acceptors (Lipinski definition) is 20. The lowest BCUT2D eigenvalue weighted by Crippen LogP contribution is -2.51. The fourth-order valence-electron chi connectivity index (χ4n) is 11.5. The first-order valence-corrected chi connectivity index (χ1v) is 34.7. The van der Waals surface area contributed by atoms with E-state index in [0.717, 1.165) is 60.9 Å². The Balaban J connectivity index is 0.000000155. The molecule has 4 amide bonds. The zero-order valence-electron chi connectivity index (χ0n) is 60.5. The number of carbonyl (C=O) groups excluding carboxylic acids is 4. The monoisotopic (exact) mass is 1510 g/mol. The van der Waals surface area contributed by atoms with Crippen LogP contribution in [0.1, 0.15) is 74.1 Å². The van der Waals surface area contributed by atoms with Crippen LogP contribution in [0.5, 0.6) is 0 Å². The Labute approximate surface area is 618 Å². The van der Waals surface area contributed by atoms with Gasteiger partial charge in [0.05, 0.1) is 19.3 Å². The third kappa shape index (κ3) is 19.1. The Hall–Kier alpha value is -12.4. The normalized spacial score (nSPS) is 15.1. The second-order valence-electron chi connectivity index (χ2n) is 25.7. The molecular formula is C73H80F8N24O4. The molecule has 10 N–H and O–H groups in total. The Morgan fingerprint density at radius 1 is 0.550 bits per heavy atom. The van der Waals surface area contributed by atoms with Gasteiger partial charge in [-0.05, 0) is 114 Å². The Kier molecular flexibility index (Phi) is 25.3. The summed E-state index contributed by atoms with van der Waals surface area (Å²) in [7, 11) is 1.81. The highest BCUT2D eigenvalue weighted by Gasteiger charge is 2.41. The summed E-state index contributed by atoms with van der Waals surface area (Å²) in [5.74, 6) is 0.176. The molecule has 0 aromatic carbocycles. The third-order valence-corrected chi connectivity index (χ3v) is 18.2. The predicted octanol–water partition coefficient (Wildman–Crippen LogP) is 11.5. The lowest BCUT2D eigenvalue weighted by molar-refractivity contribution is -0.139. The molecule has 12 aromatic rings. The average Bonchev–Trinajstić information content (AvgIpc) is 1.67. The first-order valence-electron chi connectivity index (χ1n) is 34.7. The van der Waals surface area contributed by atoms with Gasteiger partial charge in [0.1, 0.15) is 82.1 Å². The number of fused-ring (bicyclic) bond motifs is 4. The van der Waals surface area contributed by atoms with Crippen molar-refractivity contribution in [3.8, 4) is 45.6 Å². The number of aromatic amines is 4. The summed E-state index contributed by atoms with van der Waals surface area (Å²) in [5, 5.41) is 19.5. The fraction of sp³-hybridized carbons (Fsp3) is 0.342. The van der Waals surface area contributed by atoms with Gasteiger partial charge >= 0.3 is 6.18 Å². The van der Waals surface area contributed by atoms with Gasteiger partial charge in [-0.2, -0.15) is 13.2 Å². The highest BCUT2D eigenvalue weighted by Crippen LogP contribution is 2.34. The molecule has 0 spiro atoms. The molecule has 0 aliphatic carbocycles. The molecule has 13 rings (SSSR count). The van der Waals surface area contributed by atoms with Crippen LogP contribution in [0.25, 0.3) is 89.7 Å². The second kappa shape index (κ2) is 34.9. The Morgan fingerprint density at radius 3 is 1.32 bits per heavy atom. The number of nitrogens with zero attached hydrogens (tertiary/aromatic N) is 14. The maximum absolute atomic E-state index is 14.5. The first kappa shape index (κ1) is 79.2. The molecule has 1 aliphatic heterocycles. The standard InChI is InChI=1S/C19H24N6O.C18H15F5N6O.C18H20F2N6O.C18H21FN6O/c1-5-19(3,18(26)25(4)6-2)24-15-9-11-21-17(23-15)14-12-22-16-13(14)8-7-10-20-16;19-9-4-13(17(30)27-8-18(21,22)23)29(7-9)16-12(20)6-26-15(28-16)11-5-25-14-10(11)2-1-3-24-14;1-3-18(2,17(27)24-10-13(19)20)26-14-6-8-22-16(25-14)12-9-23-15-11(12)5-4-7-21-15;1-3-18(2,17(26)22-10-7-19)25-14-6-9-21-16(24-14)13-11-23-15-12(13)5-4-8-20-15/h7-12H,5-6H2,1-4H3,(H,20,22)(H,21,23,24);1-3,5-6,9,13H,4,7-8H2,(H,24,25)(H,27,30);4-9,13H,3,10H2,1-2H3,(H,21,23)(H,24,27)(H,22,25,26);4-6,8-9,11H,3,7,10H2,1-2H3,(H,20,23)(H,22,26)(H,21,24,25)/t19-;9-,13+;2*18-/m1011/s1. The van der Waals surface area contributed by atoms with Crippen molar-refractivity contribution in [2.75, 3.05) is 67.3 Å². The number of H-pyrrole nitrogens is 4. The second-order valence-corrected chi connectivity index (χ2v) is 25.7. The van der Waals surface area contributed by atoms with Crippen molar-refractivity contribution in [2.45, 2.75) is 116 Å². The molecule has 1 fully saturated rings. The summed E-state index contributed by atoms with van der Waals surface area (Å²) < 4.78 is 103. The van der Waals surface area contributed by atoms with Crippen molar-refractivity contribution in [1.29, 1.82) is 0 Å². The van der Waals surface area contributed by atoms with E-state index in [9.17, 15) is 54.3 Å². The summed E-state index contributed by atoms with van der Waals surface area (Å²) >= 11 is 0. The molecule has 1 aliphatic rings. The maximum atomic E-state index is 14.5. The summed E-state index contributed by atoms with van der Waals surface area (Å²) in [5.41, 5.74) is 3.12. The number of rotatable bonds is 24. The van der Waals surface area contributed by atoms with Crippen LogP contribution in [0.3, 0.4) is 0 Å². The van der Waals surface area contributed by atoms with Crippen LogP contribution in [0.4, 0.5) is 58.4 Å². The van der Waals surface area contributed by atoms with Crippen LogP contribution >= 0.6 is 0 Å². The van der Waals surface area contributed by atoms with E-state index < -0.39 is 78.8 Å². The van der Waals surface area contributed by atoms with Gasteiger partial charge in [0.15, 0.2) is 34.9 Å². The van der Waals surface area contributed by atoms with Gasteiger partial charge in [-0.25, -0.2) is 81.8 Å². The van der Waals surface area contributed by atoms with Gasteiger partial charge in [-0.1, -0.05) is 20.8 Å². The van der Waals surface area contributed by atoms with Crippen molar-refractivity contribution < 1.29 is 54.3 Å². The van der Waals surface area contributed by atoms with Crippen LogP contribution in [0.15, 0.2) is 141 Å². The SMILES string of the molecule is CCN(C)C(=O)[C@@](C)(CC)Nc1ccnc(-c2c[nH]c3ncccc23)n1.CC[C@@](C)(Nc1ccnc(-c2c[nH]c3ncccc23)n1)C(=O)NCC(F)F.CC[C@@](C)(Nc1ccnc(-c2c[nH]c3ncccc23)n1)C(=O)NCCF.O=C(NCC(F)(F)F)[C@H]1C[C@H](F)CN1c1nc(-c2c[nH]c3ncccc23)ncc1F. The van der Waals surface area contributed by atoms with Crippen LogP contribution in [-0.4, -0.2) is 196 Å². The van der Waals surface area contributed by atoms with E-state index in [1.54, 1.807) is 117 Å². The van der Waals surface area contributed by atoms with Crippen molar-refractivity contribution in [3.05, 3.63) is 147 Å². The predicted molar refractivity (Wildman–Crippen MR) is 396 cm³/mol. The van der Waals surface area contributed by atoms with Gasteiger partial charge in [-0.15, -0.1) is 0 Å². The van der Waals surface area contributed by atoms with E-state index in [4.69, 9.17) is 0 Å². The molecule has 12 aromatic heterocycles. The molecular weight excluding hydrogens is 1430 g/mol. The van der Waals surface area contributed by atoms with E-state index in [1.165, 1.54) is 0 Å². The van der Waals surface area contributed by atoms with Gasteiger partial charge in [0.25, 0.3) is 6.43 Å². The first-order chi connectivity index (χ1) is 52.2. The number of halogens is 8. The van der Waals surface area contributed by atoms with Crippen molar-refractivity contribution in [2.24, 2.45) is 0 Å². The number of hydrogen-bond donors (Lipinski definition) is 10. The van der Waals surface area contributed by atoms with Gasteiger partial charge in [0.2, 0.25) is 23.6 Å². The summed E-state index contributed by atoms with van der Waals surface area (Å²) in [6.45, 7) is 10.4. The van der Waals surface area contributed by atoms with Gasteiger partial charge < -0.3 is 61.6 Å². The van der Waals surface area contributed by atoms with Crippen LogP contribution in [0.2, 0.25) is 0 Å². The van der Waals surface area contributed by atoms with E-state index in [1.807, 2.05) is 83.5 Å². The minimum absolute atomic E-state index is 0.00648. The quantitative estimate of drug-likeness (QED) is 0.0251. The highest BCUT2D eigenvalue weighted by atomic mass is 19.4. The largest absolute Gasteiger partial charge is 0.405 e. The molecule has 0 saturated carbocycles. The number of anilines is 4. The van der Waals surface area contributed by atoms with Gasteiger partial charge in [0, 0.05) is 139 Å². The fourth-order valence-corrected chi connectivity index (χ4v) is 11.5. The summed E-state index contributed by atoms with van der Waals surface area (Å²) in [6, 6.07) is 18.6. The number of alkyl halides is 7. The molecule has 572 valence electrons.